The van der Waals surface area contributed by atoms with Crippen molar-refractivity contribution in [3.05, 3.63) is 69.3 Å². The smallest absolute Gasteiger partial charge is 0.410 e. The van der Waals surface area contributed by atoms with Crippen LogP contribution in [0.1, 0.15) is 48.6 Å². The number of non-ortho nitro benzene ring substituents is 1. The Balaban J connectivity index is 1.52. The van der Waals surface area contributed by atoms with Gasteiger partial charge in [0.25, 0.3) is 5.69 Å². The largest absolute Gasteiger partial charge is 0.417 e. The van der Waals surface area contributed by atoms with Crippen molar-refractivity contribution < 1.29 is 27.6 Å². The number of benzene rings is 2. The summed E-state index contributed by atoms with van der Waals surface area (Å²) in [5.41, 5.74) is -1.17. The molecule has 2 aromatic carbocycles. The van der Waals surface area contributed by atoms with Crippen molar-refractivity contribution in [2.24, 2.45) is 0 Å². The van der Waals surface area contributed by atoms with Crippen LogP contribution in [0.25, 0.3) is 10.4 Å². The number of nitrogens with one attached hydrogen (secondary N) is 1. The molecule has 4 rings (SSSR count). The number of nitro groups is 1. The molecule has 1 amide bonds. The zero-order valence-corrected chi connectivity index (χ0v) is 18.6. The van der Waals surface area contributed by atoms with E-state index < -0.39 is 22.8 Å². The maximum atomic E-state index is 13.8. The van der Waals surface area contributed by atoms with Gasteiger partial charge in [-0.05, 0) is 37.1 Å². The van der Waals surface area contributed by atoms with Gasteiger partial charge in [0.15, 0.2) is 0 Å². The first-order valence-corrected chi connectivity index (χ1v) is 11.4. The number of nitrogens with zero attached hydrogens (tertiary/aromatic N) is 2. The van der Waals surface area contributed by atoms with Gasteiger partial charge in [0, 0.05) is 35.5 Å². The maximum Gasteiger partial charge on any atom is 0.417 e. The third-order valence-corrected chi connectivity index (χ3v) is 6.77. The van der Waals surface area contributed by atoms with E-state index in [1.54, 1.807) is 0 Å². The van der Waals surface area contributed by atoms with Crippen LogP contribution in [0, 0.1) is 10.1 Å². The summed E-state index contributed by atoms with van der Waals surface area (Å²) in [5, 5.41) is 13.8. The van der Waals surface area contributed by atoms with Crippen LogP contribution >= 0.6 is 11.3 Å². The summed E-state index contributed by atoms with van der Waals surface area (Å²) in [7, 11) is 0. The van der Waals surface area contributed by atoms with Crippen molar-refractivity contribution in [2.75, 3.05) is 5.32 Å². The Hall–Kier alpha value is -3.47. The molecule has 1 heterocycles. The van der Waals surface area contributed by atoms with Gasteiger partial charge < -0.3 is 4.74 Å². The number of carbonyl (C=O) groups is 1. The average Bonchev–Trinajstić information content (AvgIpc) is 3.29. The van der Waals surface area contributed by atoms with Gasteiger partial charge in [-0.1, -0.05) is 25.3 Å². The molecule has 178 valence electrons. The highest BCUT2D eigenvalue weighted by Crippen LogP contribution is 2.43. The van der Waals surface area contributed by atoms with Crippen molar-refractivity contribution in [1.29, 1.82) is 0 Å². The fourth-order valence-corrected chi connectivity index (χ4v) is 5.03. The number of amides is 1. The summed E-state index contributed by atoms with van der Waals surface area (Å²) >= 11 is 1.28. The third-order valence-electron chi connectivity index (χ3n) is 5.57. The number of thiazole rings is 1. The number of anilines is 1. The minimum atomic E-state index is -4.65. The van der Waals surface area contributed by atoms with Crippen LogP contribution in [0.5, 0.6) is 5.75 Å². The highest BCUT2D eigenvalue weighted by atomic mass is 32.1. The zero-order valence-electron chi connectivity index (χ0n) is 17.8. The number of halogens is 3. The first-order valence-electron chi connectivity index (χ1n) is 10.6. The van der Waals surface area contributed by atoms with Gasteiger partial charge in [-0.15, -0.1) is 11.3 Å². The van der Waals surface area contributed by atoms with Crippen LogP contribution in [-0.4, -0.2) is 16.0 Å². The number of carbonyl (C=O) groups excluding carboxylic acids is 1. The molecule has 0 saturated heterocycles. The van der Waals surface area contributed by atoms with E-state index in [9.17, 15) is 28.1 Å². The Kier molecular flexibility index (Phi) is 6.82. The average molecular weight is 491 g/mol. The minimum Gasteiger partial charge on any atom is -0.410 e. The van der Waals surface area contributed by atoms with E-state index in [-0.39, 0.29) is 28.6 Å². The molecule has 1 saturated carbocycles. The van der Waals surface area contributed by atoms with E-state index in [0.717, 1.165) is 48.9 Å². The van der Waals surface area contributed by atoms with Crippen molar-refractivity contribution >= 4 is 28.8 Å². The Labute approximate surface area is 196 Å². The Bertz CT molecular complexity index is 1190. The molecular weight excluding hydrogens is 471 g/mol. The second-order valence-corrected chi connectivity index (χ2v) is 8.98. The summed E-state index contributed by atoms with van der Waals surface area (Å²) in [6, 6.07) is 8.26. The van der Waals surface area contributed by atoms with Crippen LogP contribution in [0.4, 0.5) is 29.3 Å². The lowest BCUT2D eigenvalue weighted by Crippen LogP contribution is -2.17. The first kappa shape index (κ1) is 23.7. The summed E-state index contributed by atoms with van der Waals surface area (Å²) < 4.78 is 46.5. The van der Waals surface area contributed by atoms with E-state index in [1.165, 1.54) is 48.2 Å². The van der Waals surface area contributed by atoms with Crippen molar-refractivity contribution in [1.82, 2.24) is 4.98 Å². The van der Waals surface area contributed by atoms with Gasteiger partial charge >= 0.3 is 12.3 Å². The van der Waals surface area contributed by atoms with E-state index in [2.05, 4.69) is 10.3 Å². The van der Waals surface area contributed by atoms with E-state index in [4.69, 9.17) is 4.74 Å². The Morgan fingerprint density at radius 3 is 2.47 bits per heavy atom. The first-order chi connectivity index (χ1) is 16.2. The summed E-state index contributed by atoms with van der Waals surface area (Å²) in [6.45, 7) is 0. The lowest BCUT2D eigenvalue weighted by molar-refractivity contribution is -0.384. The number of ether oxygens (including phenoxy) is 1. The molecule has 0 radical (unpaired) electrons. The van der Waals surface area contributed by atoms with Crippen molar-refractivity contribution in [3.63, 3.8) is 0 Å². The standard InChI is InChI=1S/C23H20F3N3O4S/c24-23(25,26)19-12-15(28-22(30)33-17-9-7-16(8-10-17)29(31)32)6-11-18(19)20-13-27-21(34-20)14-4-2-1-3-5-14/h6-14H,1-5H2,(H,28,30). The predicted molar refractivity (Wildman–Crippen MR) is 121 cm³/mol. The summed E-state index contributed by atoms with van der Waals surface area (Å²) in [5.74, 6) is 0.299. The molecule has 0 atom stereocenters. The normalized spacial score (nSPS) is 14.6. The number of alkyl halides is 3. The van der Waals surface area contributed by atoms with Crippen molar-refractivity contribution in [2.45, 2.75) is 44.2 Å². The van der Waals surface area contributed by atoms with E-state index >= 15 is 0 Å². The number of aromatic nitrogens is 1. The minimum absolute atomic E-state index is 0.00125. The van der Waals surface area contributed by atoms with Crippen LogP contribution in [0.2, 0.25) is 0 Å². The SMILES string of the molecule is O=C(Nc1ccc(-c2cnc(C3CCCCC3)s2)c(C(F)(F)F)c1)Oc1ccc([N+](=O)[O-])cc1. The molecule has 0 unspecified atom stereocenters. The molecule has 3 aromatic rings. The lowest BCUT2D eigenvalue weighted by atomic mass is 9.90. The molecular formula is C23H20F3N3O4S. The molecule has 0 spiro atoms. The topological polar surface area (TPSA) is 94.4 Å². The molecule has 34 heavy (non-hydrogen) atoms. The third kappa shape index (κ3) is 5.53. The lowest BCUT2D eigenvalue weighted by Gasteiger charge is -2.19. The number of hydrogen-bond acceptors (Lipinski definition) is 6. The van der Waals surface area contributed by atoms with E-state index in [0.29, 0.717) is 4.88 Å². The van der Waals surface area contributed by atoms with Crippen LogP contribution < -0.4 is 10.1 Å². The van der Waals surface area contributed by atoms with Gasteiger partial charge in [0.1, 0.15) is 5.75 Å². The second kappa shape index (κ2) is 9.80. The van der Waals surface area contributed by atoms with Gasteiger partial charge in [-0.25, -0.2) is 9.78 Å². The highest BCUT2D eigenvalue weighted by molar-refractivity contribution is 7.15. The monoisotopic (exact) mass is 491 g/mol. The van der Waals surface area contributed by atoms with Crippen molar-refractivity contribution in [3.8, 4) is 16.2 Å². The number of nitro benzene ring substituents is 1. The maximum absolute atomic E-state index is 13.8. The molecule has 11 heteroatoms. The Morgan fingerprint density at radius 1 is 1.12 bits per heavy atom. The molecule has 7 nitrogen and oxygen atoms in total. The molecule has 1 fully saturated rings. The van der Waals surface area contributed by atoms with Gasteiger partial charge in [0.05, 0.1) is 20.4 Å². The fourth-order valence-electron chi connectivity index (χ4n) is 3.91. The molecule has 0 bridgehead atoms. The summed E-state index contributed by atoms with van der Waals surface area (Å²) in [6.07, 6.45) is 1.19. The fraction of sp³-hybridized carbons (Fsp3) is 0.304. The molecule has 1 aromatic heterocycles. The predicted octanol–water partition coefficient (Wildman–Crippen LogP) is 7.40. The highest BCUT2D eigenvalue weighted by Gasteiger charge is 2.35. The zero-order chi connectivity index (χ0) is 24.3. The van der Waals surface area contributed by atoms with E-state index in [1.807, 2.05) is 0 Å². The molecule has 0 aliphatic heterocycles. The molecule has 1 N–H and O–H groups in total. The molecule has 1 aliphatic rings. The van der Waals surface area contributed by atoms with Gasteiger partial charge in [-0.2, -0.15) is 13.2 Å². The second-order valence-electron chi connectivity index (χ2n) is 7.92. The van der Waals surface area contributed by atoms with Crippen LogP contribution in [-0.2, 0) is 6.18 Å². The van der Waals surface area contributed by atoms with Gasteiger partial charge in [0.2, 0.25) is 0 Å². The Morgan fingerprint density at radius 2 is 1.82 bits per heavy atom. The van der Waals surface area contributed by atoms with Crippen LogP contribution in [0.3, 0.4) is 0 Å². The number of rotatable bonds is 5. The van der Waals surface area contributed by atoms with Crippen LogP contribution in [0.15, 0.2) is 48.7 Å². The summed E-state index contributed by atoms with van der Waals surface area (Å²) in [4.78, 5) is 27.0. The number of hydrogen-bond donors (Lipinski definition) is 1. The quantitative estimate of drug-likeness (QED) is 0.296. The molecule has 1 aliphatic carbocycles. The van der Waals surface area contributed by atoms with Gasteiger partial charge in [-0.3, -0.25) is 15.4 Å².